The zero-order valence-electron chi connectivity index (χ0n) is 8.99. The van der Waals surface area contributed by atoms with Gasteiger partial charge in [0.25, 0.3) is 15.8 Å². The van der Waals surface area contributed by atoms with Crippen molar-refractivity contribution in [2.45, 2.75) is 11.8 Å². The molecule has 0 saturated carbocycles. The van der Waals surface area contributed by atoms with Crippen LogP contribution in [-0.4, -0.2) is 13.3 Å². The second-order valence-electron chi connectivity index (χ2n) is 3.23. The summed E-state index contributed by atoms with van der Waals surface area (Å²) in [7, 11) is -4.03. The van der Waals surface area contributed by atoms with Gasteiger partial charge in [-0.25, -0.2) is 4.18 Å². The van der Waals surface area contributed by atoms with Crippen molar-refractivity contribution in [3.05, 3.63) is 58.8 Å². The summed E-state index contributed by atoms with van der Waals surface area (Å²) < 4.78 is 27.5. The molecule has 0 heterocycles. The summed E-state index contributed by atoms with van der Waals surface area (Å²) in [4.78, 5) is 9.28. The third kappa shape index (κ3) is 3.65. The van der Waals surface area contributed by atoms with Gasteiger partial charge in [0.05, 0.1) is 9.82 Å². The normalized spacial score (nSPS) is 11.1. The van der Waals surface area contributed by atoms with Gasteiger partial charge in [-0.05, 0) is 25.6 Å². The van der Waals surface area contributed by atoms with Gasteiger partial charge in [0, 0.05) is 0 Å². The predicted octanol–water partition coefficient (Wildman–Crippen LogP) is 1.65. The monoisotopic (exact) mass is 256 g/mol. The Morgan fingerprint density at radius 2 is 1.94 bits per heavy atom. The van der Waals surface area contributed by atoms with Crippen molar-refractivity contribution in [2.75, 3.05) is 0 Å². The lowest BCUT2D eigenvalue weighted by Gasteiger charge is -2.03. The quantitative estimate of drug-likeness (QED) is 0.454. The fourth-order valence-electron chi connectivity index (χ4n) is 0.922. The summed E-state index contributed by atoms with van der Waals surface area (Å²) >= 11 is 0. The van der Waals surface area contributed by atoms with Crippen LogP contribution < -0.4 is 0 Å². The van der Waals surface area contributed by atoms with Crippen LogP contribution in [0.5, 0.6) is 0 Å². The summed E-state index contributed by atoms with van der Waals surface area (Å²) in [5.41, 5.74) is 0.253. The molecule has 0 atom stereocenters. The molecule has 1 rings (SSSR count). The second kappa shape index (κ2) is 5.07. The fraction of sp³-hybridized carbons (Fsp3) is 0.100. The fourth-order valence-corrected chi connectivity index (χ4v) is 1.74. The number of rotatable bonds is 5. The predicted molar refractivity (Wildman–Crippen MR) is 59.9 cm³/mol. The van der Waals surface area contributed by atoms with Crippen molar-refractivity contribution in [3.8, 4) is 0 Å². The van der Waals surface area contributed by atoms with Crippen LogP contribution in [0.2, 0.25) is 0 Å². The average Bonchev–Trinajstić information content (AvgIpc) is 2.26. The molecule has 0 unspecified atom stereocenters. The SMILES string of the molecule is C=C([CH]OS(=O)(=O)c1ccc(C)cc1)[N+](=O)[O-]. The maximum absolute atomic E-state index is 11.6. The van der Waals surface area contributed by atoms with Crippen molar-refractivity contribution in [2.24, 2.45) is 0 Å². The number of nitrogens with zero attached hydrogens (tertiary/aromatic N) is 1. The van der Waals surface area contributed by atoms with Crippen LogP contribution in [0.3, 0.4) is 0 Å². The van der Waals surface area contributed by atoms with Crippen LogP contribution in [0.1, 0.15) is 5.56 Å². The van der Waals surface area contributed by atoms with E-state index in [4.69, 9.17) is 0 Å². The van der Waals surface area contributed by atoms with Gasteiger partial charge in [-0.15, -0.1) is 0 Å². The van der Waals surface area contributed by atoms with Crippen LogP contribution in [0.25, 0.3) is 0 Å². The summed E-state index contributed by atoms with van der Waals surface area (Å²) in [6.07, 6.45) is 0. The van der Waals surface area contributed by atoms with E-state index in [1.54, 1.807) is 19.1 Å². The molecule has 0 aliphatic carbocycles. The highest BCUT2D eigenvalue weighted by Crippen LogP contribution is 2.15. The Bertz CT molecular complexity index is 532. The standard InChI is InChI=1S/C10H10NO5S/c1-8-3-5-10(6-4-8)17(14,15)16-7-9(2)11(12)13/h3-7H,2H2,1H3. The molecule has 17 heavy (non-hydrogen) atoms. The van der Waals surface area contributed by atoms with Crippen LogP contribution in [-0.2, 0) is 14.3 Å². The number of aryl methyl sites for hydroxylation is 1. The van der Waals surface area contributed by atoms with Gasteiger partial charge in [0.15, 0.2) is 0 Å². The van der Waals surface area contributed by atoms with E-state index in [0.717, 1.165) is 5.56 Å². The molecule has 0 aliphatic heterocycles. The topological polar surface area (TPSA) is 86.5 Å². The Balaban J connectivity index is 2.79. The van der Waals surface area contributed by atoms with Crippen molar-refractivity contribution in [1.29, 1.82) is 0 Å². The molecule has 0 bridgehead atoms. The molecule has 7 heteroatoms. The van der Waals surface area contributed by atoms with Crippen LogP contribution >= 0.6 is 0 Å². The lowest BCUT2D eigenvalue weighted by atomic mass is 10.2. The highest BCUT2D eigenvalue weighted by molar-refractivity contribution is 7.86. The van der Waals surface area contributed by atoms with Gasteiger partial charge >= 0.3 is 0 Å². The first kappa shape index (κ1) is 13.3. The number of hydrogen-bond acceptors (Lipinski definition) is 5. The maximum atomic E-state index is 11.6. The van der Waals surface area contributed by atoms with Gasteiger partial charge in [-0.1, -0.05) is 17.7 Å². The zero-order chi connectivity index (χ0) is 13.1. The summed E-state index contributed by atoms with van der Waals surface area (Å²) in [5.74, 6) is 0. The van der Waals surface area contributed by atoms with E-state index in [9.17, 15) is 18.5 Å². The minimum Gasteiger partial charge on any atom is -0.259 e. The Kier molecular flexibility index (Phi) is 3.97. The molecule has 91 valence electrons. The minimum absolute atomic E-state index is 0.0736. The first-order valence-electron chi connectivity index (χ1n) is 4.49. The molecular weight excluding hydrogens is 246 g/mol. The Morgan fingerprint density at radius 3 is 2.41 bits per heavy atom. The summed E-state index contributed by atoms with van der Waals surface area (Å²) in [6.45, 7) is 5.32. The second-order valence-corrected chi connectivity index (χ2v) is 4.80. The smallest absolute Gasteiger partial charge is 0.259 e. The lowest BCUT2D eigenvalue weighted by Crippen LogP contribution is -2.08. The molecule has 6 nitrogen and oxygen atoms in total. The molecule has 0 aromatic heterocycles. The maximum Gasteiger partial charge on any atom is 0.297 e. The molecule has 0 amide bonds. The van der Waals surface area contributed by atoms with Gasteiger partial charge in [-0.3, -0.25) is 10.1 Å². The first-order valence-corrected chi connectivity index (χ1v) is 5.90. The molecule has 0 aliphatic rings. The molecule has 1 aromatic rings. The molecule has 1 radical (unpaired) electrons. The van der Waals surface area contributed by atoms with Crippen LogP contribution in [0.15, 0.2) is 41.4 Å². The molecule has 0 N–H and O–H groups in total. The lowest BCUT2D eigenvalue weighted by molar-refractivity contribution is -0.423. The first-order chi connectivity index (χ1) is 7.83. The summed E-state index contributed by atoms with van der Waals surface area (Å²) in [6, 6.07) is 5.90. The van der Waals surface area contributed by atoms with Crippen molar-refractivity contribution in [3.63, 3.8) is 0 Å². The Labute approximate surface area is 98.8 Å². The molecule has 1 aromatic carbocycles. The molecular formula is C10H10NO5S. The highest BCUT2D eigenvalue weighted by atomic mass is 32.2. The zero-order valence-corrected chi connectivity index (χ0v) is 9.81. The molecule has 0 fully saturated rings. The summed E-state index contributed by atoms with van der Waals surface area (Å²) in [5, 5.41) is 10.2. The highest BCUT2D eigenvalue weighted by Gasteiger charge is 2.19. The minimum atomic E-state index is -4.03. The van der Waals surface area contributed by atoms with Gasteiger partial charge in [0.1, 0.15) is 0 Å². The number of hydrogen-bond donors (Lipinski definition) is 0. The molecule has 0 saturated heterocycles. The molecule has 0 spiro atoms. The van der Waals surface area contributed by atoms with E-state index in [1.165, 1.54) is 12.1 Å². The number of benzene rings is 1. The number of nitro groups is 1. The van der Waals surface area contributed by atoms with E-state index in [-0.39, 0.29) is 4.90 Å². The third-order valence-electron chi connectivity index (χ3n) is 1.85. The average molecular weight is 256 g/mol. The van der Waals surface area contributed by atoms with Crippen molar-refractivity contribution >= 4 is 10.1 Å². The van der Waals surface area contributed by atoms with Crippen molar-refractivity contribution in [1.82, 2.24) is 0 Å². The van der Waals surface area contributed by atoms with Gasteiger partial charge < -0.3 is 0 Å². The van der Waals surface area contributed by atoms with E-state index in [2.05, 4.69) is 10.8 Å². The largest absolute Gasteiger partial charge is 0.297 e. The van der Waals surface area contributed by atoms with Gasteiger partial charge in [0.2, 0.25) is 6.61 Å². The van der Waals surface area contributed by atoms with Gasteiger partial charge in [-0.2, -0.15) is 8.42 Å². The van der Waals surface area contributed by atoms with E-state index >= 15 is 0 Å². The van der Waals surface area contributed by atoms with Crippen molar-refractivity contribution < 1.29 is 17.5 Å². The van der Waals surface area contributed by atoms with E-state index < -0.39 is 20.7 Å². The Hall–Kier alpha value is -1.73. The Morgan fingerprint density at radius 1 is 1.41 bits per heavy atom. The third-order valence-corrected chi connectivity index (χ3v) is 3.05. The van der Waals surface area contributed by atoms with Crippen LogP contribution in [0.4, 0.5) is 0 Å². The van der Waals surface area contributed by atoms with E-state index in [0.29, 0.717) is 6.61 Å². The van der Waals surface area contributed by atoms with Crippen LogP contribution in [0, 0.1) is 23.6 Å². The van der Waals surface area contributed by atoms with E-state index in [1.807, 2.05) is 0 Å².